The molecule has 0 N–H and O–H groups in total. The zero-order valence-corrected chi connectivity index (χ0v) is 11.9. The van der Waals surface area contributed by atoms with E-state index in [-0.39, 0.29) is 0 Å². The molecule has 0 aromatic heterocycles. The Morgan fingerprint density at radius 1 is 0.944 bits per heavy atom. The zero-order valence-electron chi connectivity index (χ0n) is 10.3. The second-order valence-electron chi connectivity index (χ2n) is 4.15. The summed E-state index contributed by atoms with van der Waals surface area (Å²) in [6.45, 7) is 2.09. The number of rotatable bonds is 3. The molecule has 0 amide bonds. The maximum Gasteiger partial charge on any atom is 0.0247 e. The van der Waals surface area contributed by atoms with E-state index in [9.17, 15) is 0 Å². The number of benzene rings is 2. The van der Waals surface area contributed by atoms with E-state index >= 15 is 0 Å². The average molecular weight is 299 g/mol. The van der Waals surface area contributed by atoms with Gasteiger partial charge in [-0.1, -0.05) is 88.2 Å². The smallest absolute Gasteiger partial charge is 0.0247 e. The molecular formula is C17H15Br. The van der Waals surface area contributed by atoms with E-state index in [0.29, 0.717) is 0 Å². The van der Waals surface area contributed by atoms with Crippen LogP contribution >= 0.6 is 15.9 Å². The Kier molecular flexibility index (Phi) is 4.54. The van der Waals surface area contributed by atoms with Crippen LogP contribution in [-0.2, 0) is 0 Å². The summed E-state index contributed by atoms with van der Waals surface area (Å²) in [7, 11) is 0. The van der Waals surface area contributed by atoms with Crippen molar-refractivity contribution in [1.82, 2.24) is 0 Å². The second-order valence-corrected chi connectivity index (χ2v) is 5.00. The summed E-state index contributed by atoms with van der Waals surface area (Å²) >= 11 is 3.59. The largest absolute Gasteiger partial charge is 0.0622 e. The first-order chi connectivity index (χ1) is 8.75. The maximum atomic E-state index is 3.59. The van der Waals surface area contributed by atoms with E-state index < -0.39 is 0 Å². The van der Waals surface area contributed by atoms with Gasteiger partial charge in [0.1, 0.15) is 0 Å². The molecule has 0 unspecified atom stereocenters. The Morgan fingerprint density at radius 2 is 1.61 bits per heavy atom. The summed E-state index contributed by atoms with van der Waals surface area (Å²) < 4.78 is 1.09. The van der Waals surface area contributed by atoms with Gasteiger partial charge in [0, 0.05) is 4.48 Å². The predicted octanol–water partition coefficient (Wildman–Crippen LogP) is 5.44. The third kappa shape index (κ3) is 3.71. The number of allylic oxidation sites excluding steroid dienone is 2. The second kappa shape index (κ2) is 6.36. The fraction of sp³-hybridized carbons (Fsp3) is 0.0588. The lowest BCUT2D eigenvalue weighted by Gasteiger charge is -1.99. The van der Waals surface area contributed by atoms with Crippen molar-refractivity contribution in [3.8, 4) is 0 Å². The molecule has 0 saturated carbocycles. The van der Waals surface area contributed by atoms with Gasteiger partial charge in [-0.3, -0.25) is 0 Å². The molecule has 2 rings (SSSR count). The van der Waals surface area contributed by atoms with Gasteiger partial charge in [0.15, 0.2) is 0 Å². The van der Waals surface area contributed by atoms with Gasteiger partial charge in [-0.2, -0.15) is 0 Å². The van der Waals surface area contributed by atoms with Gasteiger partial charge in [0.05, 0.1) is 0 Å². The van der Waals surface area contributed by atoms with E-state index in [4.69, 9.17) is 0 Å². The lowest BCUT2D eigenvalue weighted by atomic mass is 10.1. The Balaban J connectivity index is 2.10. The van der Waals surface area contributed by atoms with Crippen LogP contribution in [0.5, 0.6) is 0 Å². The van der Waals surface area contributed by atoms with Gasteiger partial charge in [-0.15, -0.1) is 0 Å². The summed E-state index contributed by atoms with van der Waals surface area (Å²) in [5, 5.41) is 0. The van der Waals surface area contributed by atoms with Crippen LogP contribution < -0.4 is 0 Å². The minimum absolute atomic E-state index is 1.09. The van der Waals surface area contributed by atoms with E-state index in [1.54, 1.807) is 0 Å². The van der Waals surface area contributed by atoms with Gasteiger partial charge in [-0.25, -0.2) is 0 Å². The highest BCUT2D eigenvalue weighted by molar-refractivity contribution is 9.15. The molecule has 18 heavy (non-hydrogen) atoms. The van der Waals surface area contributed by atoms with Crippen LogP contribution in [0.4, 0.5) is 0 Å². The number of hydrogen-bond acceptors (Lipinski definition) is 0. The Bertz CT molecular complexity index is 548. The molecule has 0 nitrogen and oxygen atoms in total. The molecule has 0 saturated heterocycles. The lowest BCUT2D eigenvalue weighted by molar-refractivity contribution is 1.46. The summed E-state index contributed by atoms with van der Waals surface area (Å²) in [5.74, 6) is 0. The quantitative estimate of drug-likeness (QED) is 0.662. The summed E-state index contributed by atoms with van der Waals surface area (Å²) in [6, 6.07) is 18.7. The third-order valence-electron chi connectivity index (χ3n) is 2.66. The Labute approximate surface area is 117 Å². The first-order valence-corrected chi connectivity index (χ1v) is 6.71. The molecule has 1 heteroatoms. The average Bonchev–Trinajstić information content (AvgIpc) is 2.40. The molecule has 0 heterocycles. The summed E-state index contributed by atoms with van der Waals surface area (Å²) in [6.07, 6.45) is 6.21. The van der Waals surface area contributed by atoms with Crippen LogP contribution in [0.15, 0.2) is 66.7 Å². The highest BCUT2D eigenvalue weighted by Crippen LogP contribution is 2.21. The fourth-order valence-electron chi connectivity index (χ4n) is 1.62. The molecule has 0 spiro atoms. The first kappa shape index (κ1) is 12.8. The Morgan fingerprint density at radius 3 is 2.28 bits per heavy atom. The highest BCUT2D eigenvalue weighted by atomic mass is 79.9. The van der Waals surface area contributed by atoms with Crippen LogP contribution in [0.1, 0.15) is 16.7 Å². The molecule has 90 valence electrons. The van der Waals surface area contributed by atoms with Crippen molar-refractivity contribution in [2.24, 2.45) is 0 Å². The van der Waals surface area contributed by atoms with Crippen molar-refractivity contribution in [1.29, 1.82) is 0 Å². The summed E-state index contributed by atoms with van der Waals surface area (Å²) in [5.41, 5.74) is 3.68. The molecule has 0 aliphatic rings. The van der Waals surface area contributed by atoms with Crippen molar-refractivity contribution < 1.29 is 0 Å². The van der Waals surface area contributed by atoms with Crippen molar-refractivity contribution in [2.45, 2.75) is 6.92 Å². The fourth-order valence-corrected chi connectivity index (χ4v) is 2.03. The van der Waals surface area contributed by atoms with Crippen molar-refractivity contribution in [3.63, 3.8) is 0 Å². The van der Waals surface area contributed by atoms with Gasteiger partial charge in [0.2, 0.25) is 0 Å². The standard InChI is InChI=1S/C17H15Br/c1-14-10-12-16(13-11-14)17(18)9-5-8-15-6-3-2-4-7-15/h2-13H,1H3/b8-5+,17-9+. The van der Waals surface area contributed by atoms with E-state index in [1.165, 1.54) is 16.7 Å². The summed E-state index contributed by atoms with van der Waals surface area (Å²) in [4.78, 5) is 0. The molecule has 0 radical (unpaired) electrons. The third-order valence-corrected chi connectivity index (χ3v) is 3.38. The van der Waals surface area contributed by atoms with E-state index in [1.807, 2.05) is 18.2 Å². The molecule has 0 bridgehead atoms. The minimum Gasteiger partial charge on any atom is -0.0622 e. The highest BCUT2D eigenvalue weighted by Gasteiger charge is 1.94. The normalized spacial score (nSPS) is 12.0. The topological polar surface area (TPSA) is 0 Å². The van der Waals surface area contributed by atoms with Gasteiger partial charge in [0.25, 0.3) is 0 Å². The molecule has 0 aliphatic heterocycles. The molecule has 2 aromatic rings. The van der Waals surface area contributed by atoms with Gasteiger partial charge >= 0.3 is 0 Å². The Hall–Kier alpha value is -1.60. The molecular weight excluding hydrogens is 284 g/mol. The van der Waals surface area contributed by atoms with Crippen LogP contribution in [-0.4, -0.2) is 0 Å². The zero-order chi connectivity index (χ0) is 12.8. The first-order valence-electron chi connectivity index (χ1n) is 5.92. The monoisotopic (exact) mass is 298 g/mol. The predicted molar refractivity (Wildman–Crippen MR) is 83.6 cm³/mol. The molecule has 0 atom stereocenters. The number of aryl methyl sites for hydroxylation is 1. The van der Waals surface area contributed by atoms with Crippen LogP contribution in [0.25, 0.3) is 10.6 Å². The minimum atomic E-state index is 1.09. The SMILES string of the molecule is Cc1ccc(/C(Br)=C\C=C\c2ccccc2)cc1. The van der Waals surface area contributed by atoms with E-state index in [0.717, 1.165) is 4.48 Å². The molecule has 2 aromatic carbocycles. The van der Waals surface area contributed by atoms with Crippen LogP contribution in [0, 0.1) is 6.92 Å². The van der Waals surface area contributed by atoms with E-state index in [2.05, 4.69) is 77.5 Å². The van der Waals surface area contributed by atoms with Crippen LogP contribution in [0.2, 0.25) is 0 Å². The van der Waals surface area contributed by atoms with Crippen molar-refractivity contribution >= 4 is 26.5 Å². The molecule has 0 fully saturated rings. The molecule has 0 aliphatic carbocycles. The van der Waals surface area contributed by atoms with Crippen LogP contribution in [0.3, 0.4) is 0 Å². The van der Waals surface area contributed by atoms with Gasteiger partial charge in [-0.05, 0) is 24.1 Å². The number of hydrogen-bond donors (Lipinski definition) is 0. The van der Waals surface area contributed by atoms with Crippen molar-refractivity contribution in [2.75, 3.05) is 0 Å². The van der Waals surface area contributed by atoms with Crippen molar-refractivity contribution in [3.05, 3.63) is 83.4 Å². The number of halogens is 1. The van der Waals surface area contributed by atoms with Gasteiger partial charge < -0.3 is 0 Å². The maximum absolute atomic E-state index is 3.59. The lowest BCUT2D eigenvalue weighted by Crippen LogP contribution is -1.77.